The van der Waals surface area contributed by atoms with Gasteiger partial charge in [-0.05, 0) is 36.4 Å². The van der Waals surface area contributed by atoms with Crippen molar-refractivity contribution in [3.63, 3.8) is 0 Å². The van der Waals surface area contributed by atoms with Gasteiger partial charge >= 0.3 is 5.97 Å². The molecule has 2 aromatic rings. The lowest BCUT2D eigenvalue weighted by molar-refractivity contribution is -0.155. The SMILES string of the molecule is COC(=O)CC1(C(=O)Nc2ccc(C#N)cc2)CC(c2cccc(C#N)c2)=NO1. The Morgan fingerprint density at radius 2 is 1.90 bits per heavy atom. The van der Waals surface area contributed by atoms with Crippen molar-refractivity contribution in [2.45, 2.75) is 18.4 Å². The fourth-order valence-corrected chi connectivity index (χ4v) is 2.88. The van der Waals surface area contributed by atoms with Crippen LogP contribution in [0.15, 0.2) is 53.7 Å². The van der Waals surface area contributed by atoms with E-state index in [-0.39, 0.29) is 12.8 Å². The third-order valence-corrected chi connectivity index (χ3v) is 4.45. The number of carbonyl (C=O) groups excluding carboxylic acids is 2. The smallest absolute Gasteiger partial charge is 0.310 e. The van der Waals surface area contributed by atoms with E-state index in [1.165, 1.54) is 7.11 Å². The molecule has 8 nitrogen and oxygen atoms in total. The van der Waals surface area contributed by atoms with E-state index in [0.717, 1.165) is 0 Å². The van der Waals surface area contributed by atoms with Crippen LogP contribution in [-0.2, 0) is 19.2 Å². The van der Waals surface area contributed by atoms with Crippen molar-refractivity contribution in [1.82, 2.24) is 0 Å². The fraction of sp³-hybridized carbons (Fsp3) is 0.190. The second-order valence-corrected chi connectivity index (χ2v) is 6.39. The summed E-state index contributed by atoms with van der Waals surface area (Å²) in [4.78, 5) is 30.4. The zero-order valence-electron chi connectivity index (χ0n) is 15.5. The number of benzene rings is 2. The first-order valence-electron chi connectivity index (χ1n) is 8.64. The van der Waals surface area contributed by atoms with Crippen molar-refractivity contribution >= 4 is 23.3 Å². The van der Waals surface area contributed by atoms with E-state index in [1.54, 1.807) is 48.5 Å². The van der Waals surface area contributed by atoms with Gasteiger partial charge in [0.05, 0.1) is 42.5 Å². The zero-order valence-corrected chi connectivity index (χ0v) is 15.5. The number of nitrogens with zero attached hydrogens (tertiary/aromatic N) is 3. The number of hydrogen-bond donors (Lipinski definition) is 1. The molecular formula is C21H16N4O4. The topological polar surface area (TPSA) is 125 Å². The lowest BCUT2D eigenvalue weighted by Gasteiger charge is -2.24. The largest absolute Gasteiger partial charge is 0.469 e. The Hall–Kier alpha value is -4.17. The quantitative estimate of drug-likeness (QED) is 0.785. The van der Waals surface area contributed by atoms with E-state index >= 15 is 0 Å². The van der Waals surface area contributed by atoms with E-state index in [1.807, 2.05) is 12.1 Å². The average Bonchev–Trinajstić information content (AvgIpc) is 3.19. The van der Waals surface area contributed by atoms with Gasteiger partial charge in [-0.25, -0.2) is 0 Å². The van der Waals surface area contributed by atoms with Crippen LogP contribution in [0.4, 0.5) is 5.69 Å². The summed E-state index contributed by atoms with van der Waals surface area (Å²) < 4.78 is 4.72. The molecule has 1 aliphatic heterocycles. The number of ether oxygens (including phenoxy) is 1. The molecule has 0 aromatic heterocycles. The first-order chi connectivity index (χ1) is 14.0. The number of rotatable bonds is 5. The summed E-state index contributed by atoms with van der Waals surface area (Å²) in [6.07, 6.45) is -0.310. The number of oxime groups is 1. The molecule has 0 fully saturated rings. The highest BCUT2D eigenvalue weighted by Gasteiger charge is 2.49. The second kappa shape index (κ2) is 8.24. The van der Waals surface area contributed by atoms with Crippen molar-refractivity contribution in [3.8, 4) is 12.1 Å². The monoisotopic (exact) mass is 388 g/mol. The molecule has 1 atom stereocenters. The van der Waals surface area contributed by atoms with Gasteiger partial charge in [-0.2, -0.15) is 10.5 Å². The maximum Gasteiger partial charge on any atom is 0.310 e. The fourth-order valence-electron chi connectivity index (χ4n) is 2.88. The number of carbonyl (C=O) groups is 2. The predicted octanol–water partition coefficient (Wildman–Crippen LogP) is 2.49. The summed E-state index contributed by atoms with van der Waals surface area (Å²) in [5.74, 6) is -1.19. The van der Waals surface area contributed by atoms with Gasteiger partial charge in [0.25, 0.3) is 5.91 Å². The summed E-state index contributed by atoms with van der Waals surface area (Å²) in [5, 5.41) is 24.7. The molecule has 0 bridgehead atoms. The van der Waals surface area contributed by atoms with Crippen LogP contribution in [0.25, 0.3) is 0 Å². The minimum atomic E-state index is -1.58. The highest BCUT2D eigenvalue weighted by atomic mass is 16.7. The summed E-state index contributed by atoms with van der Waals surface area (Å²) in [6, 6.07) is 17.1. The molecule has 0 spiro atoms. The van der Waals surface area contributed by atoms with Gasteiger partial charge < -0.3 is 14.9 Å². The van der Waals surface area contributed by atoms with Crippen LogP contribution in [0.1, 0.15) is 29.5 Å². The Labute approximate surface area is 167 Å². The summed E-state index contributed by atoms with van der Waals surface area (Å²) in [5.41, 5.74) is 0.828. The number of amides is 1. The highest BCUT2D eigenvalue weighted by Crippen LogP contribution is 2.32. The molecule has 0 radical (unpaired) electrons. The van der Waals surface area contributed by atoms with E-state index in [4.69, 9.17) is 20.1 Å². The van der Waals surface area contributed by atoms with E-state index < -0.39 is 17.5 Å². The van der Waals surface area contributed by atoms with Gasteiger partial charge in [0, 0.05) is 17.7 Å². The lowest BCUT2D eigenvalue weighted by Crippen LogP contribution is -2.45. The molecule has 1 heterocycles. The first kappa shape index (κ1) is 19.6. The van der Waals surface area contributed by atoms with Crippen molar-refractivity contribution in [2.24, 2.45) is 5.16 Å². The Kier molecular flexibility index (Phi) is 5.56. The minimum Gasteiger partial charge on any atom is -0.469 e. The van der Waals surface area contributed by atoms with E-state index in [0.29, 0.717) is 28.1 Å². The normalized spacial score (nSPS) is 17.3. The molecule has 1 amide bonds. The number of methoxy groups -OCH3 is 1. The minimum absolute atomic E-state index is 0.0269. The molecule has 144 valence electrons. The molecule has 0 saturated heterocycles. The van der Waals surface area contributed by atoms with Crippen molar-refractivity contribution < 1.29 is 19.2 Å². The molecule has 8 heteroatoms. The van der Waals surface area contributed by atoms with Crippen molar-refractivity contribution in [3.05, 3.63) is 65.2 Å². The number of nitrogens with one attached hydrogen (secondary N) is 1. The van der Waals surface area contributed by atoms with Crippen LogP contribution in [0.3, 0.4) is 0 Å². The van der Waals surface area contributed by atoms with Crippen LogP contribution < -0.4 is 5.32 Å². The maximum atomic E-state index is 13.0. The third-order valence-electron chi connectivity index (χ3n) is 4.45. The van der Waals surface area contributed by atoms with E-state index in [9.17, 15) is 9.59 Å². The summed E-state index contributed by atoms with van der Waals surface area (Å²) in [6.45, 7) is 0. The van der Waals surface area contributed by atoms with Gasteiger partial charge in [-0.3, -0.25) is 9.59 Å². The van der Waals surface area contributed by atoms with Crippen molar-refractivity contribution in [2.75, 3.05) is 12.4 Å². The lowest BCUT2D eigenvalue weighted by atomic mass is 9.89. The summed E-state index contributed by atoms with van der Waals surface area (Å²) >= 11 is 0. The van der Waals surface area contributed by atoms with Gasteiger partial charge in [0.2, 0.25) is 5.60 Å². The van der Waals surface area contributed by atoms with Crippen molar-refractivity contribution in [1.29, 1.82) is 10.5 Å². The maximum absolute atomic E-state index is 13.0. The van der Waals surface area contributed by atoms with Gasteiger partial charge in [-0.1, -0.05) is 17.3 Å². The molecule has 3 rings (SSSR count). The van der Waals surface area contributed by atoms with E-state index in [2.05, 4.69) is 10.5 Å². The molecule has 0 aliphatic carbocycles. The number of nitriles is 2. The Bertz CT molecular complexity index is 1060. The number of hydrogen-bond acceptors (Lipinski definition) is 7. The van der Waals surface area contributed by atoms with Gasteiger partial charge in [-0.15, -0.1) is 0 Å². The van der Waals surface area contributed by atoms with Crippen LogP contribution in [0.2, 0.25) is 0 Å². The molecule has 0 saturated carbocycles. The average molecular weight is 388 g/mol. The summed E-state index contributed by atoms with van der Waals surface area (Å²) in [7, 11) is 1.22. The Balaban J connectivity index is 1.85. The second-order valence-electron chi connectivity index (χ2n) is 6.39. The first-order valence-corrected chi connectivity index (χ1v) is 8.64. The number of esters is 1. The van der Waals surface area contributed by atoms with Crippen LogP contribution in [0, 0.1) is 22.7 Å². The molecule has 1 unspecified atom stereocenters. The molecular weight excluding hydrogens is 372 g/mol. The third kappa shape index (κ3) is 4.23. The molecule has 2 aromatic carbocycles. The van der Waals surface area contributed by atoms with Crippen LogP contribution >= 0.6 is 0 Å². The van der Waals surface area contributed by atoms with Crippen LogP contribution in [-0.4, -0.2) is 30.3 Å². The van der Waals surface area contributed by atoms with Crippen LogP contribution in [0.5, 0.6) is 0 Å². The standard InChI is InChI=1S/C21H16N4O4/c1-28-19(26)11-21(20(27)24-17-7-5-14(12-22)6-8-17)10-18(25-29-21)16-4-2-3-15(9-16)13-23/h2-9H,10-11H2,1H3,(H,24,27). The molecule has 29 heavy (non-hydrogen) atoms. The predicted molar refractivity (Wildman–Crippen MR) is 103 cm³/mol. The highest BCUT2D eigenvalue weighted by molar-refractivity contribution is 6.09. The van der Waals surface area contributed by atoms with Gasteiger partial charge in [0.15, 0.2) is 0 Å². The number of anilines is 1. The Morgan fingerprint density at radius 3 is 2.55 bits per heavy atom. The van der Waals surface area contributed by atoms with Gasteiger partial charge in [0.1, 0.15) is 0 Å². The Morgan fingerprint density at radius 1 is 1.17 bits per heavy atom. The molecule has 1 N–H and O–H groups in total. The molecule has 1 aliphatic rings. The zero-order chi connectivity index (χ0) is 20.9.